The first kappa shape index (κ1) is 24.0. The second-order valence-electron chi connectivity index (χ2n) is 6.56. The number of rotatable bonds is 11. The molecule has 168 valence electrons. The lowest BCUT2D eigenvalue weighted by atomic mass is 10.1. The van der Waals surface area contributed by atoms with Gasteiger partial charge in [-0.15, -0.1) is 28.1 Å². The molecule has 0 saturated carbocycles. The number of anilines is 1. The molecule has 0 spiro atoms. The highest BCUT2D eigenvalue weighted by Gasteiger charge is 2.15. The van der Waals surface area contributed by atoms with Crippen LogP contribution in [0, 0.1) is 0 Å². The second-order valence-corrected chi connectivity index (χ2v) is 8.80. The zero-order chi connectivity index (χ0) is 22.9. The molecule has 2 heterocycles. The molecule has 1 N–H and O–H groups in total. The number of carbonyl (C=O) groups is 2. The number of hydrogen-bond donors (Lipinski definition) is 1. The van der Waals surface area contributed by atoms with Crippen LogP contribution in [0.15, 0.2) is 47.5 Å². The summed E-state index contributed by atoms with van der Waals surface area (Å²) in [4.78, 5) is 28.2. The molecule has 2 aromatic heterocycles. The lowest BCUT2D eigenvalue weighted by molar-refractivity contribution is -0.142. The molecule has 0 atom stereocenters. The van der Waals surface area contributed by atoms with Crippen LogP contribution < -0.4 is 5.32 Å². The van der Waals surface area contributed by atoms with E-state index in [-0.39, 0.29) is 24.1 Å². The van der Waals surface area contributed by atoms with E-state index < -0.39 is 0 Å². The Morgan fingerprint density at radius 2 is 2.09 bits per heavy atom. The Balaban J connectivity index is 1.57. The van der Waals surface area contributed by atoms with Crippen molar-refractivity contribution < 1.29 is 14.3 Å². The maximum atomic E-state index is 12.4. The summed E-state index contributed by atoms with van der Waals surface area (Å²) in [5.74, 6) is 0.350. The monoisotopic (exact) mass is 491 g/mol. The summed E-state index contributed by atoms with van der Waals surface area (Å²) in [7, 11) is 0. The Hall–Kier alpha value is -2.69. The van der Waals surface area contributed by atoms with E-state index in [1.807, 2.05) is 28.8 Å². The van der Waals surface area contributed by atoms with Gasteiger partial charge < -0.3 is 14.6 Å². The molecular weight excluding hydrogens is 470 g/mol. The number of aromatic nitrogens is 4. The van der Waals surface area contributed by atoms with Crippen LogP contribution in [-0.2, 0) is 33.7 Å². The third kappa shape index (κ3) is 6.91. The van der Waals surface area contributed by atoms with Crippen molar-refractivity contribution in [3.05, 3.63) is 64.4 Å². The number of carbonyl (C=O) groups excluding carboxylic acids is 2. The summed E-state index contributed by atoms with van der Waals surface area (Å²) in [6.07, 6.45) is 2.43. The molecule has 0 fully saturated rings. The Morgan fingerprint density at radius 3 is 2.81 bits per heavy atom. The number of halogens is 1. The van der Waals surface area contributed by atoms with Crippen molar-refractivity contribution in [3.8, 4) is 0 Å². The van der Waals surface area contributed by atoms with Gasteiger partial charge in [0.2, 0.25) is 5.91 Å². The molecule has 1 aromatic carbocycles. The van der Waals surface area contributed by atoms with Crippen molar-refractivity contribution in [3.63, 3.8) is 0 Å². The zero-order valence-electron chi connectivity index (χ0n) is 17.4. The van der Waals surface area contributed by atoms with Gasteiger partial charge in [-0.25, -0.2) is 4.98 Å². The van der Waals surface area contributed by atoms with Gasteiger partial charge in [0, 0.05) is 23.4 Å². The molecule has 3 aromatic rings. The first-order chi connectivity index (χ1) is 15.5. The molecule has 8 nitrogen and oxygen atoms in total. The van der Waals surface area contributed by atoms with Crippen LogP contribution >= 0.6 is 34.7 Å². The number of benzene rings is 1. The number of allylic oxidation sites excluding steroid dienone is 1. The maximum Gasteiger partial charge on any atom is 0.311 e. The van der Waals surface area contributed by atoms with Gasteiger partial charge in [-0.3, -0.25) is 9.59 Å². The second kappa shape index (κ2) is 11.8. The van der Waals surface area contributed by atoms with Crippen LogP contribution in [0.4, 0.5) is 5.13 Å². The highest BCUT2D eigenvalue weighted by atomic mass is 35.5. The molecule has 0 radical (unpaired) electrons. The first-order valence-electron chi connectivity index (χ1n) is 9.78. The van der Waals surface area contributed by atoms with E-state index in [0.29, 0.717) is 40.6 Å². The number of nitrogens with one attached hydrogen (secondary N) is 1. The summed E-state index contributed by atoms with van der Waals surface area (Å²) in [5.41, 5.74) is 1.62. The van der Waals surface area contributed by atoms with Crippen molar-refractivity contribution in [1.82, 2.24) is 19.7 Å². The average molecular weight is 492 g/mol. The Morgan fingerprint density at radius 1 is 1.31 bits per heavy atom. The Bertz CT molecular complexity index is 1080. The lowest BCUT2D eigenvalue weighted by Gasteiger charge is -2.08. The summed E-state index contributed by atoms with van der Waals surface area (Å²) in [6, 6.07) is 7.56. The number of thiazole rings is 1. The molecule has 0 saturated heterocycles. The fourth-order valence-electron chi connectivity index (χ4n) is 2.74. The number of hydrogen-bond acceptors (Lipinski definition) is 8. The number of esters is 1. The molecule has 1 amide bonds. The minimum Gasteiger partial charge on any atom is -0.466 e. The summed E-state index contributed by atoms with van der Waals surface area (Å²) in [5, 5.41) is 14.7. The van der Waals surface area contributed by atoms with Crippen molar-refractivity contribution in [1.29, 1.82) is 0 Å². The molecule has 0 aliphatic heterocycles. The first-order valence-corrected chi connectivity index (χ1v) is 12.0. The molecule has 3 rings (SSSR count). The van der Waals surface area contributed by atoms with Gasteiger partial charge in [0.1, 0.15) is 5.82 Å². The largest absolute Gasteiger partial charge is 0.466 e. The summed E-state index contributed by atoms with van der Waals surface area (Å²) in [6.45, 7) is 6.40. The fraction of sp³-hybridized carbons (Fsp3) is 0.286. The lowest BCUT2D eigenvalue weighted by Crippen LogP contribution is -2.15. The van der Waals surface area contributed by atoms with Crippen LogP contribution in [0.5, 0.6) is 0 Å². The van der Waals surface area contributed by atoms with Crippen LogP contribution in [0.3, 0.4) is 0 Å². The minimum absolute atomic E-state index is 0.0794. The maximum absolute atomic E-state index is 12.4. The third-order valence-corrected chi connectivity index (χ3v) is 6.17. The fourth-order valence-corrected chi connectivity index (χ4v) is 4.36. The standard InChI is InChI=1S/C21H22ClN5O3S2/c1-3-9-27-17(10-14-5-7-15(22)8-6-14)25-26-21(27)32-13-18(28)24-20-23-16(12-31-20)11-19(29)30-4-2/h3,5-8,12H,1,4,9-11,13H2,2H3,(H,23,24,28). The van der Waals surface area contributed by atoms with Crippen molar-refractivity contribution in [2.45, 2.75) is 31.5 Å². The van der Waals surface area contributed by atoms with Gasteiger partial charge in [0.15, 0.2) is 10.3 Å². The van der Waals surface area contributed by atoms with Gasteiger partial charge in [-0.05, 0) is 24.6 Å². The van der Waals surface area contributed by atoms with Gasteiger partial charge >= 0.3 is 5.97 Å². The van der Waals surface area contributed by atoms with Crippen LogP contribution in [0.25, 0.3) is 0 Å². The number of nitrogens with zero attached hydrogens (tertiary/aromatic N) is 4. The SMILES string of the molecule is C=CCn1c(Cc2ccc(Cl)cc2)nnc1SCC(=O)Nc1nc(CC(=O)OCC)cs1. The molecule has 0 aliphatic rings. The van der Waals surface area contributed by atoms with E-state index in [0.717, 1.165) is 11.4 Å². The van der Waals surface area contributed by atoms with E-state index >= 15 is 0 Å². The quantitative estimate of drug-likeness (QED) is 0.246. The highest BCUT2D eigenvalue weighted by Crippen LogP contribution is 2.21. The van der Waals surface area contributed by atoms with E-state index in [4.69, 9.17) is 16.3 Å². The third-order valence-electron chi connectivity index (χ3n) is 4.14. The van der Waals surface area contributed by atoms with Gasteiger partial charge in [-0.1, -0.05) is 41.6 Å². The molecular formula is C21H22ClN5O3S2. The Kier molecular flexibility index (Phi) is 8.83. The number of ether oxygens (including phenoxy) is 1. The highest BCUT2D eigenvalue weighted by molar-refractivity contribution is 7.99. The predicted molar refractivity (Wildman–Crippen MR) is 126 cm³/mol. The van der Waals surface area contributed by atoms with E-state index in [1.54, 1.807) is 18.4 Å². The normalized spacial score (nSPS) is 10.7. The Labute approximate surface area is 199 Å². The topological polar surface area (TPSA) is 99.0 Å². The molecule has 0 bridgehead atoms. The van der Waals surface area contributed by atoms with Crippen LogP contribution in [-0.4, -0.2) is 44.0 Å². The zero-order valence-corrected chi connectivity index (χ0v) is 19.8. The van der Waals surface area contributed by atoms with E-state index in [1.165, 1.54) is 23.1 Å². The molecule has 0 unspecified atom stereocenters. The summed E-state index contributed by atoms with van der Waals surface area (Å²) >= 11 is 8.50. The van der Waals surface area contributed by atoms with Gasteiger partial charge in [0.25, 0.3) is 0 Å². The van der Waals surface area contributed by atoms with Crippen molar-refractivity contribution in [2.75, 3.05) is 17.7 Å². The molecule has 11 heteroatoms. The van der Waals surface area contributed by atoms with Gasteiger partial charge in [-0.2, -0.15) is 0 Å². The molecule has 0 aliphatic carbocycles. The van der Waals surface area contributed by atoms with E-state index in [2.05, 4.69) is 27.1 Å². The van der Waals surface area contributed by atoms with Gasteiger partial charge in [0.05, 0.1) is 24.5 Å². The summed E-state index contributed by atoms with van der Waals surface area (Å²) < 4.78 is 6.84. The van der Waals surface area contributed by atoms with Crippen LogP contribution in [0.1, 0.15) is 24.0 Å². The van der Waals surface area contributed by atoms with Crippen LogP contribution in [0.2, 0.25) is 5.02 Å². The smallest absolute Gasteiger partial charge is 0.311 e. The average Bonchev–Trinajstić information content (AvgIpc) is 3.35. The minimum atomic E-state index is -0.345. The number of amides is 1. The van der Waals surface area contributed by atoms with Crippen molar-refractivity contribution >= 4 is 51.7 Å². The van der Waals surface area contributed by atoms with Crippen molar-refractivity contribution in [2.24, 2.45) is 0 Å². The predicted octanol–water partition coefficient (Wildman–Crippen LogP) is 4.00. The van der Waals surface area contributed by atoms with E-state index in [9.17, 15) is 9.59 Å². The number of thioether (sulfide) groups is 1. The molecule has 32 heavy (non-hydrogen) atoms.